The van der Waals surface area contributed by atoms with Crippen molar-refractivity contribution in [3.63, 3.8) is 0 Å². The molecule has 0 aliphatic rings. The molecule has 0 saturated heterocycles. The van der Waals surface area contributed by atoms with Crippen molar-refractivity contribution in [3.05, 3.63) is 0 Å². The van der Waals surface area contributed by atoms with Crippen LogP contribution in [0, 0.1) is 5.41 Å². The molecule has 0 fully saturated rings. The van der Waals surface area contributed by atoms with Crippen LogP contribution in [0.3, 0.4) is 0 Å². The molecule has 0 aromatic rings. The topological polar surface area (TPSA) is 90.1 Å². The Labute approximate surface area is 74.9 Å². The summed E-state index contributed by atoms with van der Waals surface area (Å²) in [6, 6.07) is 0. The molecule has 0 aromatic heterocycles. The summed E-state index contributed by atoms with van der Waals surface area (Å²) < 4.78 is 0. The molecule has 74 valence electrons. The highest BCUT2D eigenvalue weighted by Crippen LogP contribution is 2.09. The van der Waals surface area contributed by atoms with Crippen molar-refractivity contribution < 1.29 is 0 Å². The lowest BCUT2D eigenvalue weighted by Crippen LogP contribution is -2.45. The van der Waals surface area contributed by atoms with Gasteiger partial charge in [-0.3, -0.25) is 0 Å². The van der Waals surface area contributed by atoms with Crippen molar-refractivity contribution in [1.82, 2.24) is 5.32 Å². The predicted octanol–water partition coefficient (Wildman–Crippen LogP) is -0.805. The van der Waals surface area contributed by atoms with Gasteiger partial charge in [-0.2, -0.15) is 0 Å². The zero-order valence-electron chi connectivity index (χ0n) is 8.14. The number of nitrogens with two attached hydrogens (primary N) is 3. The first-order valence-electron chi connectivity index (χ1n) is 4.41. The second-order valence-electron chi connectivity index (χ2n) is 3.93. The Morgan fingerprint density at radius 2 is 1.92 bits per heavy atom. The van der Waals surface area contributed by atoms with Crippen LogP contribution in [0.25, 0.3) is 0 Å². The first kappa shape index (κ1) is 11.8. The van der Waals surface area contributed by atoms with E-state index in [0.717, 1.165) is 13.0 Å². The van der Waals surface area contributed by atoms with Crippen molar-refractivity contribution in [3.8, 4) is 0 Å². The summed E-state index contributed by atoms with van der Waals surface area (Å²) in [7, 11) is 0. The van der Waals surface area contributed by atoms with E-state index in [9.17, 15) is 0 Å². The van der Waals surface area contributed by atoms with E-state index in [4.69, 9.17) is 17.2 Å². The molecule has 0 bridgehead atoms. The SMILES string of the molecule is CC(C)(CN)CNC(N)CCN. The zero-order chi connectivity index (χ0) is 9.61. The Balaban J connectivity index is 3.52. The molecule has 1 atom stereocenters. The molecule has 4 nitrogen and oxygen atoms in total. The fourth-order valence-electron chi connectivity index (χ4n) is 0.761. The van der Waals surface area contributed by atoms with Gasteiger partial charge in [-0.25, -0.2) is 0 Å². The Hall–Kier alpha value is -0.160. The van der Waals surface area contributed by atoms with Gasteiger partial charge in [-0.1, -0.05) is 13.8 Å². The molecule has 0 heterocycles. The van der Waals surface area contributed by atoms with Gasteiger partial charge in [0.05, 0.1) is 6.17 Å². The highest BCUT2D eigenvalue weighted by molar-refractivity contribution is 4.73. The van der Waals surface area contributed by atoms with Crippen LogP contribution in [0.4, 0.5) is 0 Å². The van der Waals surface area contributed by atoms with Gasteiger partial charge >= 0.3 is 0 Å². The summed E-state index contributed by atoms with van der Waals surface area (Å²) in [5.41, 5.74) is 16.7. The van der Waals surface area contributed by atoms with Gasteiger partial charge in [0.25, 0.3) is 0 Å². The van der Waals surface area contributed by atoms with E-state index < -0.39 is 0 Å². The average Bonchev–Trinajstić information content (AvgIpc) is 2.02. The van der Waals surface area contributed by atoms with Crippen molar-refractivity contribution in [2.75, 3.05) is 19.6 Å². The lowest BCUT2D eigenvalue weighted by Gasteiger charge is -2.25. The third kappa shape index (κ3) is 5.49. The highest BCUT2D eigenvalue weighted by atomic mass is 15.0. The van der Waals surface area contributed by atoms with Gasteiger partial charge in [0.2, 0.25) is 0 Å². The molecule has 0 rings (SSSR count). The standard InChI is InChI=1S/C8H22N4/c1-8(2,5-10)6-12-7(11)3-4-9/h7,12H,3-6,9-11H2,1-2H3. The monoisotopic (exact) mass is 174 g/mol. The molecule has 12 heavy (non-hydrogen) atoms. The summed E-state index contributed by atoms with van der Waals surface area (Å²) in [4.78, 5) is 0. The molecule has 0 radical (unpaired) electrons. The lowest BCUT2D eigenvalue weighted by molar-refractivity contribution is 0.325. The van der Waals surface area contributed by atoms with Gasteiger partial charge < -0.3 is 22.5 Å². The molecule has 4 heteroatoms. The van der Waals surface area contributed by atoms with Gasteiger partial charge in [-0.05, 0) is 24.9 Å². The third-order valence-electron chi connectivity index (χ3n) is 1.87. The molecule has 7 N–H and O–H groups in total. The fourth-order valence-corrected chi connectivity index (χ4v) is 0.761. The Bertz CT molecular complexity index is 114. The van der Waals surface area contributed by atoms with Crippen LogP contribution < -0.4 is 22.5 Å². The van der Waals surface area contributed by atoms with Crippen LogP contribution in [-0.4, -0.2) is 25.8 Å². The first-order valence-corrected chi connectivity index (χ1v) is 4.41. The predicted molar refractivity (Wildman–Crippen MR) is 52.5 cm³/mol. The number of rotatable bonds is 6. The highest BCUT2D eigenvalue weighted by Gasteiger charge is 2.15. The van der Waals surface area contributed by atoms with E-state index in [0.29, 0.717) is 13.1 Å². The Kier molecular flexibility index (Phi) is 5.41. The van der Waals surface area contributed by atoms with Gasteiger partial charge in [0, 0.05) is 6.54 Å². The Morgan fingerprint density at radius 3 is 2.33 bits per heavy atom. The average molecular weight is 174 g/mol. The molecule has 0 aliphatic heterocycles. The van der Waals surface area contributed by atoms with Crippen molar-refractivity contribution in [2.24, 2.45) is 22.6 Å². The van der Waals surface area contributed by atoms with Crippen LogP contribution >= 0.6 is 0 Å². The smallest absolute Gasteiger partial charge is 0.0558 e. The molecule has 0 spiro atoms. The third-order valence-corrected chi connectivity index (χ3v) is 1.87. The maximum Gasteiger partial charge on any atom is 0.0558 e. The maximum absolute atomic E-state index is 5.71. The number of hydrogen-bond donors (Lipinski definition) is 4. The minimum absolute atomic E-state index is 0.000764. The first-order chi connectivity index (χ1) is 5.52. The molecule has 0 saturated carbocycles. The second-order valence-corrected chi connectivity index (χ2v) is 3.93. The molecular weight excluding hydrogens is 152 g/mol. The summed E-state index contributed by atoms with van der Waals surface area (Å²) in [5.74, 6) is 0. The Morgan fingerprint density at radius 1 is 1.33 bits per heavy atom. The van der Waals surface area contributed by atoms with E-state index in [-0.39, 0.29) is 11.6 Å². The van der Waals surface area contributed by atoms with E-state index in [1.165, 1.54) is 0 Å². The van der Waals surface area contributed by atoms with Gasteiger partial charge in [0.1, 0.15) is 0 Å². The minimum Gasteiger partial charge on any atom is -0.330 e. The summed E-state index contributed by atoms with van der Waals surface area (Å²) in [6.45, 7) is 6.33. The zero-order valence-corrected chi connectivity index (χ0v) is 8.14. The van der Waals surface area contributed by atoms with E-state index >= 15 is 0 Å². The van der Waals surface area contributed by atoms with Crippen LogP contribution in [0.5, 0.6) is 0 Å². The van der Waals surface area contributed by atoms with E-state index in [1.54, 1.807) is 0 Å². The van der Waals surface area contributed by atoms with Crippen LogP contribution in [0.15, 0.2) is 0 Å². The van der Waals surface area contributed by atoms with Crippen molar-refractivity contribution >= 4 is 0 Å². The molecule has 1 unspecified atom stereocenters. The summed E-state index contributed by atoms with van der Waals surface area (Å²) >= 11 is 0. The molecule has 0 aliphatic carbocycles. The van der Waals surface area contributed by atoms with Crippen LogP contribution in [0.1, 0.15) is 20.3 Å². The maximum atomic E-state index is 5.71. The molecule has 0 aromatic carbocycles. The molecule has 0 amide bonds. The summed E-state index contributed by atoms with van der Waals surface area (Å²) in [5, 5.41) is 3.19. The number of nitrogens with one attached hydrogen (secondary N) is 1. The lowest BCUT2D eigenvalue weighted by atomic mass is 9.94. The molecular formula is C8H22N4. The largest absolute Gasteiger partial charge is 0.330 e. The quantitative estimate of drug-likeness (QED) is 0.397. The van der Waals surface area contributed by atoms with Crippen molar-refractivity contribution in [2.45, 2.75) is 26.4 Å². The van der Waals surface area contributed by atoms with Gasteiger partial charge in [-0.15, -0.1) is 0 Å². The number of hydrogen-bond acceptors (Lipinski definition) is 4. The second kappa shape index (κ2) is 5.48. The summed E-state index contributed by atoms with van der Waals surface area (Å²) in [6.07, 6.45) is 0.807. The van der Waals surface area contributed by atoms with Crippen molar-refractivity contribution in [1.29, 1.82) is 0 Å². The van der Waals surface area contributed by atoms with Gasteiger partial charge in [0.15, 0.2) is 0 Å². The minimum atomic E-state index is 0.000764. The van der Waals surface area contributed by atoms with Crippen LogP contribution in [-0.2, 0) is 0 Å². The normalized spacial score (nSPS) is 14.8. The van der Waals surface area contributed by atoms with Crippen LogP contribution in [0.2, 0.25) is 0 Å². The fraction of sp³-hybridized carbons (Fsp3) is 1.00. The van der Waals surface area contributed by atoms with E-state index in [2.05, 4.69) is 19.2 Å². The van der Waals surface area contributed by atoms with E-state index in [1.807, 2.05) is 0 Å².